The largest absolute Gasteiger partial charge is 0.396 e. The van der Waals surface area contributed by atoms with E-state index in [1.807, 2.05) is 0 Å². The summed E-state index contributed by atoms with van der Waals surface area (Å²) in [6.07, 6.45) is 7.11. The van der Waals surface area contributed by atoms with Crippen LogP contribution < -0.4 is 0 Å². The first-order chi connectivity index (χ1) is 5.81. The van der Waals surface area contributed by atoms with Crippen LogP contribution in [0.3, 0.4) is 0 Å². The van der Waals surface area contributed by atoms with Crippen LogP contribution in [0.1, 0.15) is 45.4 Å². The van der Waals surface area contributed by atoms with Crippen molar-refractivity contribution in [3.8, 4) is 0 Å². The summed E-state index contributed by atoms with van der Waals surface area (Å²) in [7, 11) is 0. The van der Waals surface area contributed by atoms with E-state index in [0.29, 0.717) is 6.61 Å². The lowest BCUT2D eigenvalue weighted by Gasteiger charge is -2.07. The molecule has 0 saturated carbocycles. The summed E-state index contributed by atoms with van der Waals surface area (Å²) in [6.45, 7) is 2.60. The molecule has 0 spiro atoms. The molecule has 2 heteroatoms. The lowest BCUT2D eigenvalue weighted by Crippen LogP contribution is -1.95. The van der Waals surface area contributed by atoms with Crippen LogP contribution in [0.5, 0.6) is 0 Å². The quantitative estimate of drug-likeness (QED) is 0.463. The third-order valence-electron chi connectivity index (χ3n) is 2.21. The fourth-order valence-electron chi connectivity index (χ4n) is 1.29. The predicted octanol–water partition coefficient (Wildman–Crippen LogP) is 3.19. The molecule has 0 heterocycles. The van der Waals surface area contributed by atoms with Crippen molar-refractivity contribution in [3.63, 3.8) is 0 Å². The number of hydrogen-bond donors (Lipinski definition) is 1. The van der Waals surface area contributed by atoms with E-state index in [2.05, 4.69) is 6.92 Å². The molecule has 0 aliphatic rings. The molecule has 0 amide bonds. The van der Waals surface area contributed by atoms with E-state index in [1.54, 1.807) is 0 Å². The van der Waals surface area contributed by atoms with E-state index >= 15 is 0 Å². The van der Waals surface area contributed by atoms with Crippen molar-refractivity contribution in [1.29, 1.82) is 0 Å². The molecular formula is C10H21ClO. The van der Waals surface area contributed by atoms with Crippen molar-refractivity contribution in [2.75, 3.05) is 12.5 Å². The maximum atomic E-state index is 8.54. The Hall–Kier alpha value is 0.250. The first kappa shape index (κ1) is 12.2. The van der Waals surface area contributed by atoms with Crippen LogP contribution in [-0.2, 0) is 0 Å². The molecule has 0 aliphatic carbocycles. The molecule has 1 atom stereocenters. The Bertz CT molecular complexity index is 85.9. The molecule has 1 N–H and O–H groups in total. The Morgan fingerprint density at radius 3 is 2.33 bits per heavy atom. The zero-order valence-corrected chi connectivity index (χ0v) is 8.82. The van der Waals surface area contributed by atoms with Crippen molar-refractivity contribution in [1.82, 2.24) is 0 Å². The van der Waals surface area contributed by atoms with Crippen molar-refractivity contribution in [2.45, 2.75) is 45.4 Å². The number of rotatable bonds is 8. The summed E-state index contributed by atoms with van der Waals surface area (Å²) in [6, 6.07) is 0. The van der Waals surface area contributed by atoms with Gasteiger partial charge < -0.3 is 5.11 Å². The Labute approximate surface area is 81.1 Å². The number of halogens is 1. The fraction of sp³-hybridized carbons (Fsp3) is 1.00. The van der Waals surface area contributed by atoms with E-state index in [0.717, 1.165) is 24.6 Å². The number of aliphatic hydroxyl groups excluding tert-OH is 1. The zero-order valence-electron chi connectivity index (χ0n) is 8.06. The lowest BCUT2D eigenvalue weighted by molar-refractivity contribution is 0.281. The first-order valence-corrected chi connectivity index (χ1v) is 5.51. The first-order valence-electron chi connectivity index (χ1n) is 4.98. The average molecular weight is 193 g/mol. The van der Waals surface area contributed by atoms with E-state index in [-0.39, 0.29) is 0 Å². The van der Waals surface area contributed by atoms with E-state index in [4.69, 9.17) is 16.7 Å². The minimum atomic E-state index is 0.344. The highest BCUT2D eigenvalue weighted by Gasteiger charge is 1.99. The molecule has 0 aromatic heterocycles. The molecule has 0 unspecified atom stereocenters. The topological polar surface area (TPSA) is 20.2 Å². The van der Waals surface area contributed by atoms with Crippen molar-refractivity contribution in [3.05, 3.63) is 0 Å². The zero-order chi connectivity index (χ0) is 9.23. The monoisotopic (exact) mass is 192 g/mol. The number of hydrogen-bond acceptors (Lipinski definition) is 1. The van der Waals surface area contributed by atoms with Crippen molar-refractivity contribution in [2.24, 2.45) is 5.92 Å². The van der Waals surface area contributed by atoms with Gasteiger partial charge in [0, 0.05) is 12.5 Å². The highest BCUT2D eigenvalue weighted by atomic mass is 35.5. The Balaban J connectivity index is 2.97. The van der Waals surface area contributed by atoms with Gasteiger partial charge in [0.2, 0.25) is 0 Å². The summed E-state index contributed by atoms with van der Waals surface area (Å²) in [5, 5.41) is 8.54. The lowest BCUT2D eigenvalue weighted by atomic mass is 10.0. The molecule has 0 radical (unpaired) electrons. The summed E-state index contributed by atoms with van der Waals surface area (Å²) in [5.41, 5.74) is 0. The number of aliphatic hydroxyl groups is 1. The average Bonchev–Trinajstić information content (AvgIpc) is 2.05. The van der Waals surface area contributed by atoms with Gasteiger partial charge in [-0.15, -0.1) is 11.6 Å². The third-order valence-corrected chi connectivity index (χ3v) is 2.43. The summed E-state index contributed by atoms with van der Waals surface area (Å²) >= 11 is 5.63. The smallest absolute Gasteiger partial charge is 0.0431 e. The minimum Gasteiger partial charge on any atom is -0.396 e. The van der Waals surface area contributed by atoms with Gasteiger partial charge in [0.15, 0.2) is 0 Å². The van der Waals surface area contributed by atoms with Crippen LogP contribution in [0.25, 0.3) is 0 Å². The molecule has 74 valence electrons. The van der Waals surface area contributed by atoms with Crippen LogP contribution in [0.15, 0.2) is 0 Å². The van der Waals surface area contributed by atoms with Gasteiger partial charge in [-0.2, -0.15) is 0 Å². The molecule has 0 aromatic rings. The second-order valence-electron chi connectivity index (χ2n) is 3.51. The Kier molecular flexibility index (Phi) is 9.53. The number of unbranched alkanes of at least 4 members (excludes halogenated alkanes) is 3. The van der Waals surface area contributed by atoms with E-state index in [1.165, 1.54) is 25.7 Å². The van der Waals surface area contributed by atoms with E-state index < -0.39 is 0 Å². The van der Waals surface area contributed by atoms with Gasteiger partial charge in [-0.3, -0.25) is 0 Å². The maximum Gasteiger partial charge on any atom is 0.0431 e. The van der Waals surface area contributed by atoms with Crippen LogP contribution in [0.2, 0.25) is 0 Å². The molecule has 0 fully saturated rings. The van der Waals surface area contributed by atoms with Gasteiger partial charge in [0.25, 0.3) is 0 Å². The molecule has 0 rings (SSSR count). The Morgan fingerprint density at radius 1 is 1.08 bits per heavy atom. The highest BCUT2D eigenvalue weighted by Crippen LogP contribution is 2.13. The second-order valence-corrected chi connectivity index (χ2v) is 3.89. The van der Waals surface area contributed by atoms with Crippen LogP contribution in [0, 0.1) is 5.92 Å². The predicted molar refractivity (Wildman–Crippen MR) is 54.7 cm³/mol. The standard InChI is InChI=1S/C10H21ClO/c1-10(7-8-11)6-4-2-3-5-9-12/h10,12H,2-9H2,1H3/t10-/m0/s1. The second kappa shape index (κ2) is 9.34. The van der Waals surface area contributed by atoms with Crippen molar-refractivity contribution >= 4 is 11.6 Å². The molecule has 12 heavy (non-hydrogen) atoms. The molecular weight excluding hydrogens is 172 g/mol. The molecule has 0 saturated heterocycles. The third kappa shape index (κ3) is 8.35. The van der Waals surface area contributed by atoms with Gasteiger partial charge in [-0.1, -0.05) is 32.6 Å². The molecule has 0 bridgehead atoms. The van der Waals surface area contributed by atoms with Gasteiger partial charge >= 0.3 is 0 Å². The van der Waals surface area contributed by atoms with Crippen LogP contribution in [-0.4, -0.2) is 17.6 Å². The van der Waals surface area contributed by atoms with Gasteiger partial charge in [0.1, 0.15) is 0 Å². The molecule has 1 nitrogen and oxygen atoms in total. The minimum absolute atomic E-state index is 0.344. The summed E-state index contributed by atoms with van der Waals surface area (Å²) in [5.74, 6) is 1.56. The Morgan fingerprint density at radius 2 is 1.75 bits per heavy atom. The van der Waals surface area contributed by atoms with Gasteiger partial charge in [-0.05, 0) is 18.8 Å². The van der Waals surface area contributed by atoms with Gasteiger partial charge in [-0.25, -0.2) is 0 Å². The van der Waals surface area contributed by atoms with Crippen LogP contribution >= 0.6 is 11.6 Å². The number of alkyl halides is 1. The SMILES string of the molecule is C[C@H](CCCl)CCCCCCO. The summed E-state index contributed by atoms with van der Waals surface area (Å²) < 4.78 is 0. The normalized spacial score (nSPS) is 13.2. The van der Waals surface area contributed by atoms with E-state index in [9.17, 15) is 0 Å². The van der Waals surface area contributed by atoms with Gasteiger partial charge in [0.05, 0.1) is 0 Å². The van der Waals surface area contributed by atoms with Crippen molar-refractivity contribution < 1.29 is 5.11 Å². The summed E-state index contributed by atoms with van der Waals surface area (Å²) in [4.78, 5) is 0. The maximum absolute atomic E-state index is 8.54. The fourth-order valence-corrected chi connectivity index (χ4v) is 1.66. The molecule has 0 aliphatic heterocycles. The van der Waals surface area contributed by atoms with Crippen LogP contribution in [0.4, 0.5) is 0 Å². The highest BCUT2D eigenvalue weighted by molar-refractivity contribution is 6.17. The molecule has 0 aromatic carbocycles.